The van der Waals surface area contributed by atoms with E-state index in [4.69, 9.17) is 14.6 Å². The Bertz CT molecular complexity index is 1890. The Morgan fingerprint density at radius 1 is 0.980 bits per heavy atom. The number of aromatic nitrogens is 1. The summed E-state index contributed by atoms with van der Waals surface area (Å²) in [4.78, 5) is 81.2. The number of imide groups is 1. The summed E-state index contributed by atoms with van der Waals surface area (Å²) < 4.78 is 11.2. The highest BCUT2D eigenvalue weighted by atomic mass is 32.2. The molecule has 1 saturated heterocycles. The van der Waals surface area contributed by atoms with Gasteiger partial charge in [0.15, 0.2) is 6.61 Å². The summed E-state index contributed by atoms with van der Waals surface area (Å²) in [5.41, 5.74) is 1.69. The number of amides is 3. The van der Waals surface area contributed by atoms with E-state index in [1.165, 1.54) is 4.90 Å². The molecule has 50 heavy (non-hydrogen) atoms. The third kappa shape index (κ3) is 6.23. The number of H-pyrrole nitrogens is 1. The molecule has 1 aromatic heterocycles. The topological polar surface area (TPSA) is 172 Å². The molecular formula is C36H37N3O9S2. The lowest BCUT2D eigenvalue weighted by atomic mass is 9.68. The monoisotopic (exact) mass is 719 g/mol. The van der Waals surface area contributed by atoms with Gasteiger partial charge in [-0.25, -0.2) is 4.79 Å². The number of carboxylic acid groups (broad SMARTS) is 1. The first kappa shape index (κ1) is 34.0. The molecule has 3 N–H and O–H groups in total. The molecule has 12 nitrogen and oxygen atoms in total. The van der Waals surface area contributed by atoms with Crippen molar-refractivity contribution in [3.63, 3.8) is 0 Å². The molecule has 2 aromatic carbocycles. The summed E-state index contributed by atoms with van der Waals surface area (Å²) in [6.45, 7) is 2.00. The highest BCUT2D eigenvalue weighted by Crippen LogP contribution is 2.69. The van der Waals surface area contributed by atoms with Crippen LogP contribution in [0, 0.1) is 29.6 Å². The molecule has 3 aromatic rings. The average molecular weight is 720 g/mol. The van der Waals surface area contributed by atoms with E-state index in [2.05, 4.69) is 10.3 Å². The van der Waals surface area contributed by atoms with E-state index in [0.717, 1.165) is 33.2 Å². The minimum Gasteiger partial charge on any atom is -0.483 e. The molecule has 2 bridgehead atoms. The zero-order chi connectivity index (χ0) is 35.1. The highest BCUT2D eigenvalue weighted by Gasteiger charge is 2.69. The van der Waals surface area contributed by atoms with Gasteiger partial charge in [0.1, 0.15) is 5.75 Å². The van der Waals surface area contributed by atoms with E-state index in [9.17, 15) is 28.8 Å². The number of benzene rings is 2. The van der Waals surface area contributed by atoms with Gasteiger partial charge in [0.2, 0.25) is 11.8 Å². The van der Waals surface area contributed by atoms with Gasteiger partial charge in [-0.3, -0.25) is 28.9 Å². The lowest BCUT2D eigenvalue weighted by Gasteiger charge is -2.43. The Morgan fingerprint density at radius 2 is 1.72 bits per heavy atom. The third-order valence-corrected chi connectivity index (χ3v) is 13.0. The molecule has 14 heteroatoms. The summed E-state index contributed by atoms with van der Waals surface area (Å²) in [6, 6.07) is 13.8. The molecular weight excluding hydrogens is 683 g/mol. The van der Waals surface area contributed by atoms with E-state index in [-0.39, 0.29) is 65.2 Å². The molecule has 2 aliphatic carbocycles. The number of unbranched alkanes of at least 4 members (excludes halogenated alkanes) is 2. The SMILES string of the molecule is CCOC(=O)c1ccc(NC(=O)COc2ccccc2[C@H]2c3sc(=O)[nH]c3SC3C4CC(C5C(=O)N(CCCCCC(=O)O)C(=O)C45)C32)cc1. The fourth-order valence-corrected chi connectivity index (χ4v) is 11.4. The van der Waals surface area contributed by atoms with Crippen LogP contribution in [0.25, 0.3) is 0 Å². The van der Waals surface area contributed by atoms with Crippen LogP contribution in [0.5, 0.6) is 5.75 Å². The van der Waals surface area contributed by atoms with Gasteiger partial charge in [0.25, 0.3) is 5.91 Å². The predicted molar refractivity (Wildman–Crippen MR) is 184 cm³/mol. The minimum absolute atomic E-state index is 0.00482. The smallest absolute Gasteiger partial charge is 0.338 e. The van der Waals surface area contributed by atoms with Crippen LogP contribution in [0.3, 0.4) is 0 Å². The number of hydrogen-bond donors (Lipinski definition) is 3. The summed E-state index contributed by atoms with van der Waals surface area (Å²) in [5, 5.41) is 12.5. The standard InChI is InChI=1S/C36H37N3O9S2/c1-2-47-35(45)18-11-13-19(14-12-18)37-24(40)17-48-23-9-6-5-8-20(23)26-27-21-16-22(30(27)49-32-31(26)50-36(46)38-32)29-28(21)33(43)39(34(29)44)15-7-3-4-10-25(41)42/h5-6,8-9,11-14,21-22,26-30H,2-4,7,10,15-17H2,1H3,(H,37,40)(H,38,46)(H,41,42)/t21?,22?,26-,27?,28?,29?,30?/m1/s1. The number of ether oxygens (including phenoxy) is 2. The van der Waals surface area contributed by atoms with Crippen LogP contribution in [0.4, 0.5) is 5.69 Å². The normalized spacial score (nSPS) is 25.9. The zero-order valence-corrected chi connectivity index (χ0v) is 28.9. The maximum absolute atomic E-state index is 13.9. The van der Waals surface area contributed by atoms with Gasteiger partial charge in [-0.15, -0.1) is 11.8 Å². The van der Waals surface area contributed by atoms with Crippen LogP contribution in [-0.2, 0) is 23.9 Å². The number of carboxylic acids is 1. The van der Waals surface area contributed by atoms with E-state index in [1.54, 1.807) is 49.0 Å². The summed E-state index contributed by atoms with van der Waals surface area (Å²) in [7, 11) is 0. The van der Waals surface area contributed by atoms with Crippen LogP contribution in [0.2, 0.25) is 0 Å². The van der Waals surface area contributed by atoms with Crippen LogP contribution in [-0.4, -0.2) is 69.7 Å². The van der Waals surface area contributed by atoms with E-state index < -0.39 is 29.7 Å². The molecule has 2 saturated carbocycles. The number of aromatic amines is 1. The van der Waals surface area contributed by atoms with E-state index in [1.807, 2.05) is 18.2 Å². The Hall–Kier alpha value is -4.43. The maximum Gasteiger partial charge on any atom is 0.338 e. The van der Waals surface area contributed by atoms with Gasteiger partial charge in [-0.2, -0.15) is 0 Å². The number of aliphatic carboxylic acids is 1. The van der Waals surface area contributed by atoms with E-state index >= 15 is 0 Å². The molecule has 262 valence electrons. The largest absolute Gasteiger partial charge is 0.483 e. The average Bonchev–Trinajstić information content (AvgIpc) is 3.83. The number of fused-ring (bicyclic) bond motifs is 9. The second-order valence-electron chi connectivity index (χ2n) is 13.2. The van der Waals surface area contributed by atoms with Crippen molar-refractivity contribution in [1.82, 2.24) is 9.88 Å². The second-order valence-corrected chi connectivity index (χ2v) is 15.4. The van der Waals surface area contributed by atoms with Crippen LogP contribution in [0.1, 0.15) is 65.7 Å². The van der Waals surface area contributed by atoms with E-state index in [0.29, 0.717) is 42.8 Å². The van der Waals surface area contributed by atoms with Crippen molar-refractivity contribution < 1.29 is 38.6 Å². The number of nitrogens with zero attached hydrogens (tertiary/aromatic N) is 1. The van der Waals surface area contributed by atoms with Gasteiger partial charge >= 0.3 is 16.8 Å². The molecule has 7 atom stereocenters. The number of thioether (sulfide) groups is 1. The van der Waals surface area contributed by atoms with Crippen LogP contribution >= 0.6 is 23.1 Å². The zero-order valence-electron chi connectivity index (χ0n) is 27.3. The van der Waals surface area contributed by atoms with Gasteiger partial charge < -0.3 is 24.9 Å². The molecule has 3 amide bonds. The number of rotatable bonds is 13. The Balaban J connectivity index is 1.10. The van der Waals surface area contributed by atoms with Gasteiger partial charge in [-0.1, -0.05) is 36.0 Å². The number of thiazole rings is 1. The quantitative estimate of drug-likeness (QED) is 0.127. The molecule has 3 heterocycles. The second kappa shape index (κ2) is 14.1. The van der Waals surface area contributed by atoms with Crippen molar-refractivity contribution in [2.75, 3.05) is 25.1 Å². The first-order valence-corrected chi connectivity index (χ1v) is 18.6. The number of esters is 1. The third-order valence-electron chi connectivity index (χ3n) is 10.4. The van der Waals surface area contributed by atoms with Crippen molar-refractivity contribution in [2.24, 2.45) is 29.6 Å². The van der Waals surface area contributed by atoms with Crippen molar-refractivity contribution in [1.29, 1.82) is 0 Å². The molecule has 0 radical (unpaired) electrons. The van der Waals surface area contributed by atoms with Crippen LogP contribution in [0.15, 0.2) is 58.4 Å². The van der Waals surface area contributed by atoms with Crippen LogP contribution < -0.4 is 14.9 Å². The first-order valence-electron chi connectivity index (χ1n) is 16.9. The van der Waals surface area contributed by atoms with Gasteiger partial charge in [-0.05, 0) is 74.3 Å². The van der Waals surface area contributed by atoms with Crippen molar-refractivity contribution in [2.45, 2.75) is 55.2 Å². The Morgan fingerprint density at radius 3 is 2.46 bits per heavy atom. The number of carbonyl (C=O) groups is 5. The molecule has 2 aliphatic heterocycles. The highest BCUT2D eigenvalue weighted by molar-refractivity contribution is 8.00. The first-order chi connectivity index (χ1) is 24.2. The fourth-order valence-electron chi connectivity index (χ4n) is 8.48. The number of anilines is 1. The van der Waals surface area contributed by atoms with Crippen molar-refractivity contribution in [3.05, 3.63) is 74.2 Å². The molecule has 4 aliphatic rings. The number of hydrogen-bond acceptors (Lipinski definition) is 10. The maximum atomic E-state index is 13.9. The Labute approximate surface area is 295 Å². The number of carbonyl (C=O) groups excluding carboxylic acids is 4. The molecule has 6 unspecified atom stereocenters. The molecule has 0 spiro atoms. The summed E-state index contributed by atoms with van der Waals surface area (Å²) >= 11 is 2.76. The van der Waals surface area contributed by atoms with Crippen molar-refractivity contribution >= 4 is 58.4 Å². The number of likely N-dealkylation sites (tertiary alicyclic amines) is 1. The lowest BCUT2D eigenvalue weighted by Crippen LogP contribution is -2.42. The number of nitrogens with one attached hydrogen (secondary N) is 2. The summed E-state index contributed by atoms with van der Waals surface area (Å²) in [5.74, 6) is -2.70. The van der Waals surface area contributed by atoms with Gasteiger partial charge in [0.05, 0.1) is 29.0 Å². The van der Waals surface area contributed by atoms with Crippen molar-refractivity contribution in [3.8, 4) is 5.75 Å². The lowest BCUT2D eigenvalue weighted by molar-refractivity contribution is -0.141. The van der Waals surface area contributed by atoms with Gasteiger partial charge in [0, 0.05) is 40.3 Å². The number of para-hydroxylation sites is 1. The predicted octanol–water partition coefficient (Wildman–Crippen LogP) is 4.75. The minimum atomic E-state index is -0.858. The Kier molecular flexibility index (Phi) is 9.57. The fraction of sp³-hybridized carbons (Fsp3) is 0.444. The summed E-state index contributed by atoms with van der Waals surface area (Å²) in [6.07, 6.45) is 2.50. The molecule has 7 rings (SSSR count). The molecule has 3 fully saturated rings.